The molecule has 0 fully saturated rings. The van der Waals surface area contributed by atoms with Gasteiger partial charge in [-0.15, -0.1) is 0 Å². The van der Waals surface area contributed by atoms with Crippen molar-refractivity contribution in [1.29, 1.82) is 0 Å². The summed E-state index contributed by atoms with van der Waals surface area (Å²) in [5, 5.41) is 0. The molecule has 0 saturated carbocycles. The average Bonchev–Trinajstić information content (AvgIpc) is 3.28. The number of carbonyl (C=O) groups excluding carboxylic acids is 3. The summed E-state index contributed by atoms with van der Waals surface area (Å²) in [6, 6.07) is 0. The largest absolute Gasteiger partial charge is 0.462 e. The van der Waals surface area contributed by atoms with E-state index in [1.165, 1.54) is 44.9 Å². The van der Waals surface area contributed by atoms with E-state index in [0.29, 0.717) is 19.3 Å². The first-order chi connectivity index (χ1) is 31.0. The minimum atomic E-state index is -0.801. The van der Waals surface area contributed by atoms with Gasteiger partial charge in [0.2, 0.25) is 0 Å². The Hall–Kier alpha value is -3.93. The minimum Gasteiger partial charge on any atom is -0.462 e. The average molecular weight is 873 g/mol. The SMILES string of the molecule is CC\C=C/C=C\C=C/CCCCCCCC(=O)OCC(COC(=O)CCCCCCCCCCC/C=C\C/C=C\C/C=C\CC)OC(=O)CCCCCCC\C=C/C=C\C=C/CC. The van der Waals surface area contributed by atoms with Crippen molar-refractivity contribution in [3.05, 3.63) is 109 Å². The van der Waals surface area contributed by atoms with E-state index in [-0.39, 0.29) is 31.1 Å². The first kappa shape index (κ1) is 59.1. The van der Waals surface area contributed by atoms with Gasteiger partial charge in [-0.1, -0.05) is 214 Å². The molecular weight excluding hydrogens is 781 g/mol. The maximum atomic E-state index is 12.8. The number of hydrogen-bond donors (Lipinski definition) is 0. The van der Waals surface area contributed by atoms with E-state index in [9.17, 15) is 14.4 Å². The highest BCUT2D eigenvalue weighted by atomic mass is 16.6. The minimum absolute atomic E-state index is 0.0983. The summed E-state index contributed by atoms with van der Waals surface area (Å²) in [4.78, 5) is 38.0. The molecule has 0 rings (SSSR count). The van der Waals surface area contributed by atoms with Gasteiger partial charge in [-0.2, -0.15) is 0 Å². The van der Waals surface area contributed by atoms with Crippen LogP contribution in [0.25, 0.3) is 0 Å². The molecule has 0 aromatic heterocycles. The lowest BCUT2D eigenvalue weighted by atomic mass is 10.1. The monoisotopic (exact) mass is 873 g/mol. The molecule has 63 heavy (non-hydrogen) atoms. The van der Waals surface area contributed by atoms with E-state index in [2.05, 4.69) is 130 Å². The van der Waals surface area contributed by atoms with Crippen LogP contribution in [0.5, 0.6) is 0 Å². The van der Waals surface area contributed by atoms with Crippen molar-refractivity contribution < 1.29 is 28.6 Å². The van der Waals surface area contributed by atoms with E-state index < -0.39 is 6.10 Å². The van der Waals surface area contributed by atoms with Crippen LogP contribution in [0.4, 0.5) is 0 Å². The van der Waals surface area contributed by atoms with E-state index in [1.807, 2.05) is 0 Å². The fourth-order valence-corrected chi connectivity index (χ4v) is 6.63. The Kier molecular flexibility index (Phi) is 47.5. The second kappa shape index (κ2) is 50.7. The Bertz CT molecular complexity index is 1330. The van der Waals surface area contributed by atoms with Crippen LogP contribution in [0.3, 0.4) is 0 Å². The summed E-state index contributed by atoms with van der Waals surface area (Å²) in [6.07, 6.45) is 67.9. The number of carbonyl (C=O) groups is 3. The summed E-state index contributed by atoms with van der Waals surface area (Å²) < 4.78 is 16.8. The predicted octanol–water partition coefficient (Wildman–Crippen LogP) is 16.8. The van der Waals surface area contributed by atoms with Crippen LogP contribution >= 0.6 is 0 Å². The molecule has 1 unspecified atom stereocenters. The van der Waals surface area contributed by atoms with Crippen LogP contribution in [0, 0.1) is 0 Å². The van der Waals surface area contributed by atoms with Crippen molar-refractivity contribution >= 4 is 17.9 Å². The van der Waals surface area contributed by atoms with Crippen LogP contribution in [0.15, 0.2) is 109 Å². The molecule has 0 aromatic carbocycles. The molecule has 0 spiro atoms. The third-order valence-corrected chi connectivity index (χ3v) is 10.4. The van der Waals surface area contributed by atoms with Gasteiger partial charge in [-0.25, -0.2) is 0 Å². The zero-order valence-corrected chi connectivity index (χ0v) is 40.5. The quantitative estimate of drug-likeness (QED) is 0.0199. The van der Waals surface area contributed by atoms with Gasteiger partial charge in [0.05, 0.1) is 0 Å². The van der Waals surface area contributed by atoms with Crippen molar-refractivity contribution in [2.75, 3.05) is 13.2 Å². The Morgan fingerprint density at radius 2 is 0.651 bits per heavy atom. The van der Waals surface area contributed by atoms with Crippen LogP contribution in [0.2, 0.25) is 0 Å². The highest BCUT2D eigenvalue weighted by Gasteiger charge is 2.19. The van der Waals surface area contributed by atoms with Crippen molar-refractivity contribution in [3.8, 4) is 0 Å². The van der Waals surface area contributed by atoms with E-state index in [1.54, 1.807) is 0 Å². The number of unbranched alkanes of at least 4 members (excludes halogenated alkanes) is 19. The second-order valence-electron chi connectivity index (χ2n) is 16.4. The van der Waals surface area contributed by atoms with E-state index >= 15 is 0 Å². The lowest BCUT2D eigenvalue weighted by Gasteiger charge is -2.18. The molecule has 0 bridgehead atoms. The van der Waals surface area contributed by atoms with Gasteiger partial charge in [0.1, 0.15) is 13.2 Å². The molecule has 0 heterocycles. The van der Waals surface area contributed by atoms with Gasteiger partial charge >= 0.3 is 17.9 Å². The van der Waals surface area contributed by atoms with Gasteiger partial charge in [-0.3, -0.25) is 14.4 Å². The second-order valence-corrected chi connectivity index (χ2v) is 16.4. The molecule has 0 radical (unpaired) electrons. The van der Waals surface area contributed by atoms with E-state index in [0.717, 1.165) is 128 Å². The summed E-state index contributed by atoms with van der Waals surface area (Å²) in [7, 11) is 0. The lowest BCUT2D eigenvalue weighted by molar-refractivity contribution is -0.167. The number of rotatable bonds is 44. The van der Waals surface area contributed by atoms with Crippen molar-refractivity contribution in [3.63, 3.8) is 0 Å². The molecule has 0 aliphatic heterocycles. The van der Waals surface area contributed by atoms with Crippen LogP contribution in [-0.4, -0.2) is 37.2 Å². The van der Waals surface area contributed by atoms with Gasteiger partial charge in [-0.05, 0) is 89.9 Å². The van der Waals surface area contributed by atoms with Crippen LogP contribution in [0.1, 0.15) is 213 Å². The predicted molar refractivity (Wildman–Crippen MR) is 270 cm³/mol. The highest BCUT2D eigenvalue weighted by molar-refractivity contribution is 5.71. The first-order valence-corrected chi connectivity index (χ1v) is 25.5. The molecule has 1 atom stereocenters. The molecule has 0 N–H and O–H groups in total. The number of allylic oxidation sites excluding steroid dienone is 18. The van der Waals surface area contributed by atoms with Gasteiger partial charge in [0.25, 0.3) is 0 Å². The molecule has 0 aliphatic rings. The zero-order chi connectivity index (χ0) is 45.8. The van der Waals surface area contributed by atoms with Gasteiger partial charge in [0, 0.05) is 19.3 Å². The number of esters is 3. The maximum Gasteiger partial charge on any atom is 0.306 e. The van der Waals surface area contributed by atoms with Crippen molar-refractivity contribution in [2.24, 2.45) is 0 Å². The molecule has 6 heteroatoms. The molecular formula is C57H92O6. The van der Waals surface area contributed by atoms with Gasteiger partial charge in [0.15, 0.2) is 6.10 Å². The number of hydrogen-bond acceptors (Lipinski definition) is 6. The van der Waals surface area contributed by atoms with Crippen molar-refractivity contribution in [2.45, 2.75) is 219 Å². The topological polar surface area (TPSA) is 78.9 Å². The maximum absolute atomic E-state index is 12.8. The van der Waals surface area contributed by atoms with Crippen LogP contribution in [-0.2, 0) is 28.6 Å². The first-order valence-electron chi connectivity index (χ1n) is 25.5. The third-order valence-electron chi connectivity index (χ3n) is 10.4. The molecule has 356 valence electrons. The molecule has 6 nitrogen and oxygen atoms in total. The fourth-order valence-electron chi connectivity index (χ4n) is 6.63. The lowest BCUT2D eigenvalue weighted by Crippen LogP contribution is -2.30. The molecule has 0 aromatic rings. The summed E-state index contributed by atoms with van der Waals surface area (Å²) >= 11 is 0. The Balaban J connectivity index is 4.42. The summed E-state index contributed by atoms with van der Waals surface area (Å²) in [6.45, 7) is 6.21. The van der Waals surface area contributed by atoms with Gasteiger partial charge < -0.3 is 14.2 Å². The summed E-state index contributed by atoms with van der Waals surface area (Å²) in [5.74, 6) is -0.952. The van der Waals surface area contributed by atoms with Crippen LogP contribution < -0.4 is 0 Å². The molecule has 0 amide bonds. The highest BCUT2D eigenvalue weighted by Crippen LogP contribution is 2.14. The smallest absolute Gasteiger partial charge is 0.306 e. The molecule has 0 saturated heterocycles. The van der Waals surface area contributed by atoms with Crippen molar-refractivity contribution in [1.82, 2.24) is 0 Å². The summed E-state index contributed by atoms with van der Waals surface area (Å²) in [5.41, 5.74) is 0. The normalized spacial score (nSPS) is 13.0. The Morgan fingerprint density at radius 3 is 1.06 bits per heavy atom. The standard InChI is InChI=1S/C57H92O6/c1-4-7-10-13-16-19-22-25-26-27-28-29-30-33-35-38-41-44-47-50-56(59)62-53-54(63-57(60)51-48-45-42-39-36-32-24-21-18-15-12-9-6-3)52-61-55(58)49-46-43-40-37-34-31-23-20-17-14-11-8-5-2/h7-12,14-21,23-26,54H,4-6,13,22,27-53H2,1-3H3/b10-7-,11-8-,12-9-,17-14-,18-15-,19-16-,23-20-,24-21-,26-25-. The van der Waals surface area contributed by atoms with E-state index in [4.69, 9.17) is 14.2 Å². The zero-order valence-electron chi connectivity index (χ0n) is 40.5. The number of ether oxygens (including phenoxy) is 3. The molecule has 0 aliphatic carbocycles. The Morgan fingerprint density at radius 1 is 0.333 bits per heavy atom. The third kappa shape index (κ3) is 49.0. The fraction of sp³-hybridized carbons (Fsp3) is 0.632. The Labute approximate surface area is 387 Å².